The standard InChI is InChI=1S/C20H22O6/c1-8(2)18-13(25-18)14-20(26-14)17(3)5-4-9-10(7-23-15(9)21)11(17)6-12-19(20,24-12)16(18)22/h8,11-14H,4-7H2,1-3H3/t11-,12-,13-,14-,17?,18?,19+,20+/m0/s1. The van der Waals surface area contributed by atoms with Crippen LogP contribution in [-0.2, 0) is 28.5 Å². The van der Waals surface area contributed by atoms with Gasteiger partial charge >= 0.3 is 5.97 Å². The van der Waals surface area contributed by atoms with Gasteiger partial charge in [0.05, 0.1) is 6.10 Å². The van der Waals surface area contributed by atoms with Crippen molar-refractivity contribution in [2.75, 3.05) is 6.61 Å². The molecule has 0 amide bonds. The first kappa shape index (κ1) is 14.8. The second kappa shape index (κ2) is 3.69. The highest BCUT2D eigenvalue weighted by molar-refractivity contribution is 6.05. The van der Waals surface area contributed by atoms with Gasteiger partial charge in [-0.2, -0.15) is 0 Å². The highest BCUT2D eigenvalue weighted by Gasteiger charge is 3.00. The maximum atomic E-state index is 13.6. The first-order chi connectivity index (χ1) is 12.3. The molecule has 0 bridgehead atoms. The summed E-state index contributed by atoms with van der Waals surface area (Å²) >= 11 is 0. The average Bonchev–Trinajstić information content (AvgIpc) is 3.47. The average molecular weight is 358 g/mol. The Labute approximate surface area is 151 Å². The minimum atomic E-state index is -0.832. The van der Waals surface area contributed by atoms with E-state index >= 15 is 0 Å². The van der Waals surface area contributed by atoms with E-state index in [9.17, 15) is 9.59 Å². The number of epoxide rings is 3. The Morgan fingerprint density at radius 3 is 2.69 bits per heavy atom. The number of rotatable bonds is 1. The molecule has 0 radical (unpaired) electrons. The number of Topliss-reactive ketones (excluding diaryl/α,β-unsaturated/α-hetero) is 1. The molecule has 4 aliphatic heterocycles. The zero-order chi connectivity index (χ0) is 17.9. The SMILES string of the molecule is CC(C)C12O[C@H]1[C@@H]1O[C@@]13C1(C)CCC4=C(COC4=O)[C@@H]1C[C@@H]1O[C@@]13C2=O. The van der Waals surface area contributed by atoms with Gasteiger partial charge in [-0.25, -0.2) is 4.79 Å². The molecule has 6 nitrogen and oxygen atoms in total. The molecule has 26 heavy (non-hydrogen) atoms. The van der Waals surface area contributed by atoms with Crippen LogP contribution in [0.15, 0.2) is 11.1 Å². The Kier molecular flexibility index (Phi) is 2.10. The highest BCUT2D eigenvalue weighted by Crippen LogP contribution is 2.81. The molecular weight excluding hydrogens is 336 g/mol. The lowest BCUT2D eigenvalue weighted by atomic mass is 9.47. The van der Waals surface area contributed by atoms with Crippen LogP contribution >= 0.6 is 0 Å². The molecule has 3 aliphatic carbocycles. The molecule has 2 unspecified atom stereocenters. The Morgan fingerprint density at radius 2 is 1.92 bits per heavy atom. The third kappa shape index (κ3) is 1.10. The largest absolute Gasteiger partial charge is 0.458 e. The van der Waals surface area contributed by atoms with Crippen LogP contribution in [0.4, 0.5) is 0 Å². The molecule has 138 valence electrons. The molecule has 4 heterocycles. The molecule has 8 atom stereocenters. The molecule has 2 saturated carbocycles. The fourth-order valence-corrected chi connectivity index (χ4v) is 7.41. The lowest BCUT2D eigenvalue weighted by molar-refractivity contribution is -0.139. The van der Waals surface area contributed by atoms with Gasteiger partial charge in [-0.1, -0.05) is 20.8 Å². The maximum absolute atomic E-state index is 13.6. The minimum absolute atomic E-state index is 0.0689. The van der Waals surface area contributed by atoms with Gasteiger partial charge in [-0.05, 0) is 36.7 Å². The number of cyclic esters (lactones) is 1. The van der Waals surface area contributed by atoms with Crippen molar-refractivity contribution in [3.05, 3.63) is 11.1 Å². The number of carbonyl (C=O) groups excluding carboxylic acids is 2. The van der Waals surface area contributed by atoms with Gasteiger partial charge in [0.25, 0.3) is 0 Å². The Bertz CT molecular complexity index is 860. The molecule has 2 spiro atoms. The predicted octanol–water partition coefficient (Wildman–Crippen LogP) is 1.31. The Balaban J connectivity index is 1.40. The minimum Gasteiger partial charge on any atom is -0.458 e. The summed E-state index contributed by atoms with van der Waals surface area (Å²) in [7, 11) is 0. The number of esters is 1. The molecule has 0 aromatic heterocycles. The van der Waals surface area contributed by atoms with Crippen LogP contribution in [-0.4, -0.2) is 53.5 Å². The summed E-state index contributed by atoms with van der Waals surface area (Å²) in [6, 6.07) is 0. The highest BCUT2D eigenvalue weighted by atomic mass is 16.7. The van der Waals surface area contributed by atoms with Crippen molar-refractivity contribution in [3.8, 4) is 0 Å². The van der Waals surface area contributed by atoms with Crippen molar-refractivity contribution in [1.29, 1.82) is 0 Å². The molecular formula is C20H22O6. The first-order valence-electron chi connectivity index (χ1n) is 9.82. The summed E-state index contributed by atoms with van der Waals surface area (Å²) < 4.78 is 24.1. The number of ketones is 1. The monoisotopic (exact) mass is 358 g/mol. The summed E-state index contributed by atoms with van der Waals surface area (Å²) in [5.41, 5.74) is -0.371. The fourth-order valence-electron chi connectivity index (χ4n) is 7.41. The summed E-state index contributed by atoms with van der Waals surface area (Å²) in [4.78, 5) is 25.7. The van der Waals surface area contributed by atoms with Gasteiger partial charge in [-0.3, -0.25) is 4.79 Å². The Hall–Kier alpha value is -1.24. The van der Waals surface area contributed by atoms with E-state index < -0.39 is 16.8 Å². The van der Waals surface area contributed by atoms with E-state index in [0.29, 0.717) is 13.0 Å². The number of ether oxygens (including phenoxy) is 4. The van der Waals surface area contributed by atoms with Gasteiger partial charge in [0.1, 0.15) is 24.4 Å². The summed E-state index contributed by atoms with van der Waals surface area (Å²) in [5, 5.41) is 0. The van der Waals surface area contributed by atoms with Gasteiger partial charge in [0, 0.05) is 11.0 Å². The molecule has 7 aliphatic rings. The molecule has 0 N–H and O–H groups in total. The number of hydrogen-bond donors (Lipinski definition) is 0. The van der Waals surface area contributed by atoms with Crippen LogP contribution in [0, 0.1) is 17.3 Å². The molecule has 5 fully saturated rings. The third-order valence-electron chi connectivity index (χ3n) is 8.82. The van der Waals surface area contributed by atoms with Crippen LogP contribution in [0.1, 0.15) is 40.0 Å². The quantitative estimate of drug-likeness (QED) is 0.519. The van der Waals surface area contributed by atoms with E-state index in [2.05, 4.69) is 6.92 Å². The molecule has 6 heteroatoms. The van der Waals surface area contributed by atoms with E-state index in [1.54, 1.807) is 0 Å². The number of carbonyl (C=O) groups is 2. The van der Waals surface area contributed by atoms with Crippen LogP contribution < -0.4 is 0 Å². The molecule has 0 aromatic carbocycles. The smallest absolute Gasteiger partial charge is 0.334 e. The normalized spacial score (nSPS) is 60.3. The van der Waals surface area contributed by atoms with Crippen molar-refractivity contribution >= 4 is 11.8 Å². The van der Waals surface area contributed by atoms with E-state index in [1.165, 1.54) is 0 Å². The molecule has 7 rings (SSSR count). The summed E-state index contributed by atoms with van der Waals surface area (Å²) in [5.74, 6) is 0.252. The summed E-state index contributed by atoms with van der Waals surface area (Å²) in [6.45, 7) is 6.72. The lowest BCUT2D eigenvalue weighted by Crippen LogP contribution is -2.67. The third-order valence-corrected chi connectivity index (χ3v) is 8.82. The van der Waals surface area contributed by atoms with Crippen LogP contribution in [0.2, 0.25) is 0 Å². The molecule has 0 aromatic rings. The van der Waals surface area contributed by atoms with Gasteiger partial charge in [-0.15, -0.1) is 0 Å². The first-order valence-corrected chi connectivity index (χ1v) is 9.82. The van der Waals surface area contributed by atoms with Crippen LogP contribution in [0.5, 0.6) is 0 Å². The van der Waals surface area contributed by atoms with Crippen molar-refractivity contribution < 1.29 is 28.5 Å². The zero-order valence-corrected chi connectivity index (χ0v) is 15.2. The van der Waals surface area contributed by atoms with Crippen LogP contribution in [0.25, 0.3) is 0 Å². The van der Waals surface area contributed by atoms with Crippen LogP contribution in [0.3, 0.4) is 0 Å². The fraction of sp³-hybridized carbons (Fsp3) is 0.800. The number of fused-ring (bicyclic) bond motifs is 4. The second-order valence-corrected chi connectivity index (χ2v) is 9.72. The van der Waals surface area contributed by atoms with Gasteiger partial charge in [0.15, 0.2) is 11.2 Å². The zero-order valence-electron chi connectivity index (χ0n) is 15.2. The van der Waals surface area contributed by atoms with Gasteiger partial charge < -0.3 is 18.9 Å². The van der Waals surface area contributed by atoms with Crippen molar-refractivity contribution in [2.24, 2.45) is 17.3 Å². The van der Waals surface area contributed by atoms with E-state index in [0.717, 1.165) is 24.0 Å². The van der Waals surface area contributed by atoms with Crippen molar-refractivity contribution in [3.63, 3.8) is 0 Å². The lowest BCUT2D eigenvalue weighted by Gasteiger charge is -2.51. The van der Waals surface area contributed by atoms with E-state index in [4.69, 9.17) is 18.9 Å². The summed E-state index contributed by atoms with van der Waals surface area (Å²) in [6.07, 6.45) is 1.97. The van der Waals surface area contributed by atoms with Crippen molar-refractivity contribution in [1.82, 2.24) is 0 Å². The van der Waals surface area contributed by atoms with Gasteiger partial charge in [0.2, 0.25) is 5.78 Å². The number of hydrogen-bond acceptors (Lipinski definition) is 6. The Morgan fingerprint density at radius 1 is 1.12 bits per heavy atom. The maximum Gasteiger partial charge on any atom is 0.334 e. The van der Waals surface area contributed by atoms with Crippen molar-refractivity contribution in [2.45, 2.75) is 75.1 Å². The molecule has 3 saturated heterocycles. The van der Waals surface area contributed by atoms with E-state index in [-0.39, 0.29) is 47.3 Å². The topological polar surface area (TPSA) is 81.0 Å². The second-order valence-electron chi connectivity index (χ2n) is 9.72. The van der Waals surface area contributed by atoms with E-state index in [1.807, 2.05) is 13.8 Å². The predicted molar refractivity (Wildman–Crippen MR) is 86.1 cm³/mol.